The van der Waals surface area contributed by atoms with E-state index in [1.54, 1.807) is 11.3 Å². The molecule has 1 aromatic carbocycles. The topological polar surface area (TPSA) is 23.8 Å². The summed E-state index contributed by atoms with van der Waals surface area (Å²) in [6.45, 7) is 0. The lowest BCUT2D eigenvalue weighted by atomic mass is 10.1. The van der Waals surface area contributed by atoms with Crippen molar-refractivity contribution in [2.75, 3.05) is 0 Å². The summed E-state index contributed by atoms with van der Waals surface area (Å²) >= 11 is 8.40. The Hall–Kier alpha value is -0.250. The number of benzene rings is 1. The number of nitrogens with zero attached hydrogens (tertiary/aromatic N) is 1. The molecule has 2 rings (SSSR count). The molecule has 1 nitrogen and oxygen atoms in total. The Bertz CT molecular complexity index is 525. The van der Waals surface area contributed by atoms with Crippen molar-refractivity contribution in [2.45, 2.75) is 11.3 Å². The van der Waals surface area contributed by atoms with E-state index in [2.05, 4.69) is 52.7 Å². The first-order chi connectivity index (χ1) is 6.74. The number of thiol groups is 1. The molecule has 14 heavy (non-hydrogen) atoms. The van der Waals surface area contributed by atoms with Crippen LogP contribution in [0.15, 0.2) is 22.4 Å². The van der Waals surface area contributed by atoms with Crippen LogP contribution in [-0.4, -0.2) is 0 Å². The summed E-state index contributed by atoms with van der Waals surface area (Å²) in [6, 6.07) is 6.24. The van der Waals surface area contributed by atoms with Gasteiger partial charge in [-0.3, -0.25) is 0 Å². The predicted molar refractivity (Wildman–Crippen MR) is 71.1 cm³/mol. The van der Waals surface area contributed by atoms with E-state index in [0.29, 0.717) is 6.42 Å². The Kier molecular flexibility index (Phi) is 3.00. The van der Waals surface area contributed by atoms with E-state index < -0.39 is 0 Å². The van der Waals surface area contributed by atoms with Crippen molar-refractivity contribution >= 4 is 56.6 Å². The molecule has 1 aromatic heterocycles. The molecule has 4 heteroatoms. The van der Waals surface area contributed by atoms with Crippen LogP contribution in [0.1, 0.15) is 5.56 Å². The summed E-state index contributed by atoms with van der Waals surface area (Å²) in [6.07, 6.45) is 0.456. The van der Waals surface area contributed by atoms with Crippen molar-refractivity contribution in [3.8, 4) is 6.07 Å². The van der Waals surface area contributed by atoms with Gasteiger partial charge in [0.25, 0.3) is 0 Å². The van der Waals surface area contributed by atoms with E-state index in [1.165, 1.54) is 13.7 Å². The van der Waals surface area contributed by atoms with E-state index in [1.807, 2.05) is 6.07 Å². The van der Waals surface area contributed by atoms with Gasteiger partial charge >= 0.3 is 0 Å². The smallest absolute Gasteiger partial charge is 0.0669 e. The van der Waals surface area contributed by atoms with E-state index in [-0.39, 0.29) is 0 Å². The maximum absolute atomic E-state index is 8.70. The second-order valence-electron chi connectivity index (χ2n) is 2.87. The minimum Gasteiger partial charge on any atom is -0.198 e. The molecule has 0 aliphatic carbocycles. The maximum atomic E-state index is 8.70. The van der Waals surface area contributed by atoms with Gasteiger partial charge in [0.2, 0.25) is 0 Å². The van der Waals surface area contributed by atoms with Crippen LogP contribution in [0.2, 0.25) is 0 Å². The number of thiophene rings is 1. The molecule has 0 atom stereocenters. The fourth-order valence-electron chi connectivity index (χ4n) is 1.39. The molecule has 0 amide bonds. The van der Waals surface area contributed by atoms with Crippen LogP contribution in [-0.2, 0) is 6.42 Å². The lowest BCUT2D eigenvalue weighted by molar-refractivity contribution is 1.26. The monoisotopic (exact) mass is 331 g/mol. The van der Waals surface area contributed by atoms with Crippen LogP contribution in [0, 0.1) is 14.9 Å². The fraction of sp³-hybridized carbons (Fsp3) is 0.100. The molecule has 0 spiro atoms. The van der Waals surface area contributed by atoms with Crippen LogP contribution in [0.3, 0.4) is 0 Å². The number of nitriles is 1. The van der Waals surface area contributed by atoms with E-state index in [4.69, 9.17) is 5.26 Å². The highest BCUT2D eigenvalue weighted by Gasteiger charge is 2.08. The summed E-state index contributed by atoms with van der Waals surface area (Å²) in [5, 5.41) is 12.0. The summed E-state index contributed by atoms with van der Waals surface area (Å²) in [7, 11) is 0. The molecule has 0 saturated carbocycles. The molecule has 1 heterocycles. The molecule has 2 aromatic rings. The van der Waals surface area contributed by atoms with Gasteiger partial charge in [0.1, 0.15) is 0 Å². The Morgan fingerprint density at radius 3 is 3.07 bits per heavy atom. The summed E-state index contributed by atoms with van der Waals surface area (Å²) in [4.78, 5) is 0.964. The van der Waals surface area contributed by atoms with Gasteiger partial charge < -0.3 is 0 Å². The van der Waals surface area contributed by atoms with Gasteiger partial charge in [-0.05, 0) is 51.1 Å². The first kappa shape index (κ1) is 10.3. The van der Waals surface area contributed by atoms with Crippen molar-refractivity contribution in [1.82, 2.24) is 0 Å². The van der Waals surface area contributed by atoms with Gasteiger partial charge in [-0.1, -0.05) is 0 Å². The van der Waals surface area contributed by atoms with Crippen LogP contribution < -0.4 is 0 Å². The van der Waals surface area contributed by atoms with Crippen molar-refractivity contribution in [3.05, 3.63) is 26.6 Å². The minimum absolute atomic E-state index is 0.456. The molecule has 0 aliphatic heterocycles. The molecule has 0 saturated heterocycles. The van der Waals surface area contributed by atoms with Gasteiger partial charge in [0.05, 0.1) is 12.5 Å². The number of hydrogen-bond acceptors (Lipinski definition) is 3. The van der Waals surface area contributed by atoms with Gasteiger partial charge in [0.15, 0.2) is 0 Å². The zero-order valence-electron chi connectivity index (χ0n) is 7.12. The van der Waals surface area contributed by atoms with Crippen LogP contribution in [0.25, 0.3) is 10.1 Å². The van der Waals surface area contributed by atoms with Crippen molar-refractivity contribution in [3.63, 3.8) is 0 Å². The standard InChI is InChI=1S/C10H6INS2/c11-9-8(13)5-6(1-3-12)7-2-4-14-10(7)9/h2,4-5,13H,1H2. The third kappa shape index (κ3) is 1.64. The number of fused-ring (bicyclic) bond motifs is 1. The van der Waals surface area contributed by atoms with E-state index in [9.17, 15) is 0 Å². The van der Waals surface area contributed by atoms with Gasteiger partial charge in [-0.15, -0.1) is 24.0 Å². The SMILES string of the molecule is N#CCc1cc(S)c(I)c2sccc12. The molecular formula is C10H6INS2. The summed E-state index contributed by atoms with van der Waals surface area (Å²) in [5.74, 6) is 0. The van der Waals surface area contributed by atoms with Crippen LogP contribution >= 0.6 is 46.6 Å². The number of rotatable bonds is 1. The Morgan fingerprint density at radius 1 is 1.57 bits per heavy atom. The Balaban J connectivity index is 2.79. The highest BCUT2D eigenvalue weighted by molar-refractivity contribution is 14.1. The number of hydrogen-bond donors (Lipinski definition) is 1. The van der Waals surface area contributed by atoms with Crippen LogP contribution in [0.4, 0.5) is 0 Å². The molecule has 0 aliphatic rings. The third-order valence-electron chi connectivity index (χ3n) is 2.02. The van der Waals surface area contributed by atoms with Gasteiger partial charge in [-0.2, -0.15) is 5.26 Å². The Labute approximate surface area is 105 Å². The highest BCUT2D eigenvalue weighted by Crippen LogP contribution is 2.33. The predicted octanol–water partition coefficient (Wildman–Crippen LogP) is 3.86. The molecule has 0 N–H and O–H groups in total. The molecular weight excluding hydrogens is 325 g/mol. The third-order valence-corrected chi connectivity index (χ3v) is 5.21. The molecule has 0 unspecified atom stereocenters. The normalized spacial score (nSPS) is 10.4. The number of halogens is 1. The lowest BCUT2D eigenvalue weighted by Gasteiger charge is -2.03. The minimum atomic E-state index is 0.456. The van der Waals surface area contributed by atoms with Crippen molar-refractivity contribution in [2.24, 2.45) is 0 Å². The molecule has 0 radical (unpaired) electrons. The van der Waals surface area contributed by atoms with E-state index in [0.717, 1.165) is 10.5 Å². The highest BCUT2D eigenvalue weighted by atomic mass is 127. The second-order valence-corrected chi connectivity index (χ2v) is 5.34. The molecule has 0 bridgehead atoms. The average molecular weight is 331 g/mol. The first-order valence-corrected chi connectivity index (χ1v) is 6.39. The van der Waals surface area contributed by atoms with E-state index >= 15 is 0 Å². The molecule has 0 fully saturated rings. The van der Waals surface area contributed by atoms with Crippen molar-refractivity contribution < 1.29 is 0 Å². The first-order valence-electron chi connectivity index (χ1n) is 3.98. The Morgan fingerprint density at radius 2 is 2.36 bits per heavy atom. The quantitative estimate of drug-likeness (QED) is 0.623. The van der Waals surface area contributed by atoms with Gasteiger partial charge in [0, 0.05) is 13.2 Å². The van der Waals surface area contributed by atoms with Crippen LogP contribution in [0.5, 0.6) is 0 Å². The summed E-state index contributed by atoms with van der Waals surface area (Å²) in [5.41, 5.74) is 1.08. The second kappa shape index (κ2) is 4.09. The van der Waals surface area contributed by atoms with Crippen molar-refractivity contribution in [1.29, 1.82) is 5.26 Å². The summed E-state index contributed by atoms with van der Waals surface area (Å²) < 4.78 is 2.42. The zero-order chi connectivity index (χ0) is 10.1. The lowest BCUT2D eigenvalue weighted by Crippen LogP contribution is -1.86. The fourth-order valence-corrected chi connectivity index (χ4v) is 3.44. The molecule has 70 valence electrons. The average Bonchev–Trinajstić information content (AvgIpc) is 2.63. The maximum Gasteiger partial charge on any atom is 0.0669 e. The largest absolute Gasteiger partial charge is 0.198 e. The zero-order valence-corrected chi connectivity index (χ0v) is 11.0. The van der Waals surface area contributed by atoms with Gasteiger partial charge in [-0.25, -0.2) is 0 Å².